The highest BCUT2D eigenvalue weighted by atomic mass is 35.7. The minimum atomic E-state index is -2.08. The summed E-state index contributed by atoms with van der Waals surface area (Å²) < 4.78 is 0. The summed E-state index contributed by atoms with van der Waals surface area (Å²) in [5, 5.41) is 0. The van der Waals surface area contributed by atoms with Gasteiger partial charge in [-0.3, -0.25) is 0 Å². The van der Waals surface area contributed by atoms with E-state index in [0.717, 1.165) is 5.56 Å². The molecule has 0 unspecified atom stereocenters. The van der Waals surface area contributed by atoms with E-state index in [1.165, 1.54) is 0 Å². The van der Waals surface area contributed by atoms with Crippen molar-refractivity contribution < 1.29 is 0 Å². The fourth-order valence-corrected chi connectivity index (χ4v) is 1.67. The van der Waals surface area contributed by atoms with Crippen molar-refractivity contribution in [2.24, 2.45) is 0 Å². The Morgan fingerprint density at radius 2 is 1.75 bits per heavy atom. The van der Waals surface area contributed by atoms with E-state index in [2.05, 4.69) is 0 Å². The average molecular weight is 217 g/mol. The molecule has 0 aromatic heterocycles. The third kappa shape index (κ3) is 3.95. The zero-order chi connectivity index (χ0) is 9.03. The molecule has 0 fully saturated rings. The van der Waals surface area contributed by atoms with Crippen LogP contribution in [0, 0.1) is 0 Å². The standard InChI is InChI=1S/C9H10Cl2Si/c1-12(10,11)8-7-9-5-3-2-4-6-9/h2-8H,1H3/b8-7-. The van der Waals surface area contributed by atoms with Gasteiger partial charge in [-0.05, 0) is 12.1 Å². The van der Waals surface area contributed by atoms with E-state index in [1.54, 1.807) is 0 Å². The number of hydrogen-bond donors (Lipinski definition) is 0. The second-order valence-electron chi connectivity index (χ2n) is 2.70. The molecule has 0 nitrogen and oxygen atoms in total. The summed E-state index contributed by atoms with van der Waals surface area (Å²) in [5.74, 6) is 0. The summed E-state index contributed by atoms with van der Waals surface area (Å²) in [6.07, 6.45) is 1.96. The minimum absolute atomic E-state index is 1.14. The number of hydrogen-bond acceptors (Lipinski definition) is 0. The maximum absolute atomic E-state index is 5.90. The van der Waals surface area contributed by atoms with E-state index in [9.17, 15) is 0 Å². The smallest absolute Gasteiger partial charge is 0.141 e. The van der Waals surface area contributed by atoms with Gasteiger partial charge < -0.3 is 0 Å². The molecule has 0 bridgehead atoms. The van der Waals surface area contributed by atoms with Gasteiger partial charge in [0.1, 0.15) is 0 Å². The van der Waals surface area contributed by atoms with E-state index in [1.807, 2.05) is 48.7 Å². The SMILES string of the molecule is C[Si](Cl)(Cl)/C=C\c1ccccc1. The van der Waals surface area contributed by atoms with Crippen LogP contribution >= 0.6 is 22.2 Å². The zero-order valence-corrected chi connectivity index (χ0v) is 9.31. The fourth-order valence-electron chi connectivity index (χ4n) is 0.807. The lowest BCUT2D eigenvalue weighted by Gasteiger charge is -2.01. The van der Waals surface area contributed by atoms with Gasteiger partial charge in [0.2, 0.25) is 0 Å². The van der Waals surface area contributed by atoms with Gasteiger partial charge in [0.15, 0.2) is 0 Å². The molecule has 1 rings (SSSR count). The highest BCUT2D eigenvalue weighted by molar-refractivity contribution is 7.47. The van der Waals surface area contributed by atoms with E-state index in [-0.39, 0.29) is 0 Å². The van der Waals surface area contributed by atoms with Gasteiger partial charge >= 0.3 is 0 Å². The van der Waals surface area contributed by atoms with Gasteiger partial charge in [0.05, 0.1) is 0 Å². The monoisotopic (exact) mass is 216 g/mol. The molecule has 0 N–H and O–H groups in total. The van der Waals surface area contributed by atoms with E-state index < -0.39 is 6.69 Å². The first-order valence-electron chi connectivity index (χ1n) is 3.70. The lowest BCUT2D eigenvalue weighted by molar-refractivity contribution is 1.66. The van der Waals surface area contributed by atoms with Crippen molar-refractivity contribution in [1.29, 1.82) is 0 Å². The molecule has 1 aromatic carbocycles. The molecule has 0 spiro atoms. The van der Waals surface area contributed by atoms with Crippen LogP contribution in [0.25, 0.3) is 6.08 Å². The van der Waals surface area contributed by atoms with E-state index in [4.69, 9.17) is 22.2 Å². The van der Waals surface area contributed by atoms with Crippen LogP contribution in [0.15, 0.2) is 36.0 Å². The molecular formula is C9H10Cl2Si. The van der Waals surface area contributed by atoms with Gasteiger partial charge in [0.25, 0.3) is 6.69 Å². The molecule has 0 heterocycles. The van der Waals surface area contributed by atoms with Gasteiger partial charge in [-0.15, -0.1) is 22.2 Å². The van der Waals surface area contributed by atoms with Crippen molar-refractivity contribution in [3.8, 4) is 0 Å². The Labute approximate surface area is 83.2 Å². The Balaban J connectivity index is 2.71. The molecular weight excluding hydrogens is 207 g/mol. The summed E-state index contributed by atoms with van der Waals surface area (Å²) in [5.41, 5.74) is 3.03. The highest BCUT2D eigenvalue weighted by Crippen LogP contribution is 2.16. The van der Waals surface area contributed by atoms with Crippen LogP contribution < -0.4 is 0 Å². The third-order valence-electron chi connectivity index (χ3n) is 1.37. The maximum atomic E-state index is 5.90. The zero-order valence-electron chi connectivity index (χ0n) is 6.80. The lowest BCUT2D eigenvalue weighted by Crippen LogP contribution is -2.07. The number of benzene rings is 1. The largest absolute Gasteiger partial charge is 0.270 e. The average Bonchev–Trinajstić information content (AvgIpc) is 2.02. The van der Waals surface area contributed by atoms with Crippen LogP contribution in [0.5, 0.6) is 0 Å². The second kappa shape index (κ2) is 4.12. The molecule has 0 atom stereocenters. The van der Waals surface area contributed by atoms with Crippen molar-refractivity contribution >= 4 is 34.9 Å². The van der Waals surface area contributed by atoms with Crippen LogP contribution in [0.1, 0.15) is 5.56 Å². The molecule has 0 saturated heterocycles. The lowest BCUT2D eigenvalue weighted by atomic mass is 10.2. The summed E-state index contributed by atoms with van der Waals surface area (Å²) >= 11 is 11.8. The highest BCUT2D eigenvalue weighted by Gasteiger charge is 2.14. The van der Waals surface area contributed by atoms with Crippen LogP contribution in [0.4, 0.5) is 0 Å². The molecule has 1 aromatic rings. The summed E-state index contributed by atoms with van der Waals surface area (Å²) in [4.78, 5) is 0. The van der Waals surface area contributed by atoms with Crippen LogP contribution in [0.3, 0.4) is 0 Å². The molecule has 12 heavy (non-hydrogen) atoms. The van der Waals surface area contributed by atoms with Crippen LogP contribution in [0.2, 0.25) is 6.55 Å². The fraction of sp³-hybridized carbons (Fsp3) is 0.111. The molecule has 0 radical (unpaired) electrons. The first-order chi connectivity index (χ1) is 5.58. The van der Waals surface area contributed by atoms with Crippen molar-refractivity contribution in [3.63, 3.8) is 0 Å². The second-order valence-corrected chi connectivity index (χ2v) is 10.2. The van der Waals surface area contributed by atoms with Gasteiger partial charge in [0, 0.05) is 0 Å². The van der Waals surface area contributed by atoms with Crippen molar-refractivity contribution in [2.45, 2.75) is 6.55 Å². The quantitative estimate of drug-likeness (QED) is 0.522. The topological polar surface area (TPSA) is 0 Å². The molecule has 0 aliphatic heterocycles. The molecule has 64 valence electrons. The van der Waals surface area contributed by atoms with Crippen molar-refractivity contribution in [1.82, 2.24) is 0 Å². The summed E-state index contributed by atoms with van der Waals surface area (Å²) in [6, 6.07) is 9.99. The van der Waals surface area contributed by atoms with Gasteiger partial charge in [-0.25, -0.2) is 0 Å². The van der Waals surface area contributed by atoms with Crippen molar-refractivity contribution in [2.75, 3.05) is 0 Å². The predicted octanol–water partition coefficient (Wildman–Crippen LogP) is 3.79. The molecule has 0 amide bonds. The normalized spacial score (nSPS) is 12.2. The van der Waals surface area contributed by atoms with Gasteiger partial charge in [-0.2, -0.15) is 0 Å². The first kappa shape index (κ1) is 9.84. The van der Waals surface area contributed by atoms with Crippen LogP contribution in [-0.4, -0.2) is 6.69 Å². The first-order valence-corrected chi connectivity index (χ1v) is 8.30. The van der Waals surface area contributed by atoms with Crippen molar-refractivity contribution in [3.05, 3.63) is 41.6 Å². The maximum Gasteiger partial charge on any atom is 0.270 e. The summed E-state index contributed by atoms with van der Waals surface area (Å²) in [6.45, 7) is -0.206. The summed E-state index contributed by atoms with van der Waals surface area (Å²) in [7, 11) is 0. The minimum Gasteiger partial charge on any atom is -0.141 e. The molecule has 0 aliphatic carbocycles. The number of halogens is 2. The Hall–Kier alpha value is -0.243. The number of rotatable bonds is 2. The Bertz CT molecular complexity index is 262. The Kier molecular flexibility index (Phi) is 3.38. The van der Waals surface area contributed by atoms with Crippen LogP contribution in [-0.2, 0) is 0 Å². The third-order valence-corrected chi connectivity index (χ3v) is 2.88. The Morgan fingerprint density at radius 3 is 2.25 bits per heavy atom. The van der Waals surface area contributed by atoms with E-state index in [0.29, 0.717) is 0 Å². The predicted molar refractivity (Wildman–Crippen MR) is 58.8 cm³/mol. The molecule has 0 saturated carbocycles. The Morgan fingerprint density at radius 1 is 1.17 bits per heavy atom. The van der Waals surface area contributed by atoms with E-state index >= 15 is 0 Å². The van der Waals surface area contributed by atoms with Gasteiger partial charge in [-0.1, -0.05) is 42.1 Å². The molecule has 0 aliphatic rings. The molecule has 3 heteroatoms.